The molecule has 0 aromatic rings. The Labute approximate surface area is 94.8 Å². The molecule has 0 aromatic carbocycles. The molecule has 0 atom stereocenters. The van der Waals surface area contributed by atoms with E-state index < -0.39 is 26.5 Å². The van der Waals surface area contributed by atoms with Crippen molar-refractivity contribution in [3.8, 4) is 0 Å². The van der Waals surface area contributed by atoms with E-state index in [1.807, 2.05) is 0 Å². The van der Waals surface area contributed by atoms with E-state index in [0.717, 1.165) is 6.61 Å². The molecule has 0 radical (unpaired) electrons. The first-order valence-electron chi connectivity index (χ1n) is 5.38. The molecule has 0 aromatic heterocycles. The molecule has 0 spiro atoms. The maximum atomic E-state index is 5.19. The van der Waals surface area contributed by atoms with Gasteiger partial charge in [0.15, 0.2) is 0 Å². The van der Waals surface area contributed by atoms with E-state index in [9.17, 15) is 0 Å². The van der Waals surface area contributed by atoms with Crippen LogP contribution in [0.5, 0.6) is 0 Å². The zero-order valence-electron chi connectivity index (χ0n) is 10.9. The van der Waals surface area contributed by atoms with Gasteiger partial charge in [0.2, 0.25) is 0 Å². The van der Waals surface area contributed by atoms with Gasteiger partial charge >= 0.3 is 95.1 Å². The molecule has 0 heterocycles. The van der Waals surface area contributed by atoms with Gasteiger partial charge in [0.25, 0.3) is 0 Å². The molecular weight excluding hydrogens is 295 g/mol. The van der Waals surface area contributed by atoms with E-state index in [2.05, 4.69) is 40.2 Å². The Bertz CT molecular complexity index is 198. The van der Waals surface area contributed by atoms with Crippen LogP contribution in [0.25, 0.3) is 0 Å². The Morgan fingerprint density at radius 3 is 2.00 bits per heavy atom. The van der Waals surface area contributed by atoms with Gasteiger partial charge in [-0.05, 0) is 0 Å². The van der Waals surface area contributed by atoms with E-state index in [-0.39, 0.29) is 0 Å². The topological polar surface area (TPSA) is 9.23 Å². The summed E-state index contributed by atoms with van der Waals surface area (Å²) in [6, 6.07) is 0. The average Bonchev–Trinajstić information content (AvgIpc) is 1.93. The van der Waals surface area contributed by atoms with Crippen LogP contribution >= 0.6 is 0 Å². The maximum absolute atomic E-state index is 5.19. The molecule has 0 saturated carbocycles. The second-order valence-corrected chi connectivity index (χ2v) is 25.7. The summed E-state index contributed by atoms with van der Waals surface area (Å²) in [5, 5.41) is 0. The van der Waals surface area contributed by atoms with E-state index >= 15 is 0 Å². The summed E-state index contributed by atoms with van der Waals surface area (Å²) < 4.78 is 6.95. The first-order chi connectivity index (χ1) is 6.17. The van der Waals surface area contributed by atoms with Crippen LogP contribution < -0.4 is 0 Å². The van der Waals surface area contributed by atoms with Crippen molar-refractivity contribution in [3.05, 3.63) is 9.29 Å². The van der Waals surface area contributed by atoms with Crippen LogP contribution in [0.1, 0.15) is 6.42 Å². The summed E-state index contributed by atoms with van der Waals surface area (Å²) in [4.78, 5) is 7.49. The minimum absolute atomic E-state index is 0.893. The summed E-state index contributed by atoms with van der Waals surface area (Å²) in [5.74, 6) is 0. The summed E-state index contributed by atoms with van der Waals surface area (Å²) in [7, 11) is 0.751. The monoisotopic (exact) mass is 322 g/mol. The molecule has 0 saturated heterocycles. The third kappa shape index (κ3) is 7.07. The van der Waals surface area contributed by atoms with Crippen molar-refractivity contribution in [1.82, 2.24) is 0 Å². The molecule has 0 aliphatic heterocycles. The van der Waals surface area contributed by atoms with Gasteiger partial charge < -0.3 is 0 Å². The first kappa shape index (κ1) is 14.7. The minimum atomic E-state index is -1.84. The average molecular weight is 321 g/mol. The zero-order valence-corrected chi connectivity index (χ0v) is 14.8. The van der Waals surface area contributed by atoms with Gasteiger partial charge in [0.1, 0.15) is 0 Å². The van der Waals surface area contributed by atoms with E-state index in [1.54, 1.807) is 10.7 Å². The van der Waals surface area contributed by atoms with Crippen molar-refractivity contribution in [2.45, 2.75) is 40.9 Å². The van der Waals surface area contributed by atoms with Crippen LogP contribution in [0.15, 0.2) is 9.29 Å². The first-order valence-corrected chi connectivity index (χ1v) is 18.9. The van der Waals surface area contributed by atoms with Crippen LogP contribution in [-0.4, -0.2) is 40.2 Å². The van der Waals surface area contributed by atoms with E-state index in [4.69, 9.17) is 4.74 Å². The van der Waals surface area contributed by atoms with Gasteiger partial charge in [-0.2, -0.15) is 0 Å². The van der Waals surface area contributed by atoms with Gasteiger partial charge in [-0.25, -0.2) is 0 Å². The molecule has 0 unspecified atom stereocenters. The third-order valence-electron chi connectivity index (χ3n) is 2.15. The fourth-order valence-corrected chi connectivity index (χ4v) is 12.9. The number of hydrogen-bond donors (Lipinski definition) is 0. The molecule has 0 N–H and O–H groups in total. The Hall–Kier alpha value is 0.716. The molecule has 0 aliphatic carbocycles. The van der Waals surface area contributed by atoms with Crippen LogP contribution in [0.2, 0.25) is 34.5 Å². The summed E-state index contributed by atoms with van der Waals surface area (Å²) in [6.45, 7) is 8.14. The third-order valence-corrected chi connectivity index (χ3v) is 10.8. The van der Waals surface area contributed by atoms with Crippen molar-refractivity contribution >= 4 is 26.5 Å². The predicted molar refractivity (Wildman–Crippen MR) is 71.3 cm³/mol. The molecule has 0 fully saturated rings. The standard InChI is InChI=1S/C8H17OSi.3CH3.Sn/c1-9-7-5-6-8-10(2,3)4;;;;/h8H,5,7H2,1-4H3;3*1H3;. The van der Waals surface area contributed by atoms with Gasteiger partial charge in [0.05, 0.1) is 0 Å². The molecule has 3 heteroatoms. The van der Waals surface area contributed by atoms with Crippen LogP contribution in [0.4, 0.5) is 0 Å². The molecule has 0 aliphatic rings. The second-order valence-electron chi connectivity index (χ2n) is 6.03. The molecular formula is C11H26OSiSn. The Kier molecular flexibility index (Phi) is 6.00. The van der Waals surface area contributed by atoms with Crippen molar-refractivity contribution in [2.24, 2.45) is 0 Å². The summed E-state index contributed by atoms with van der Waals surface area (Å²) in [6.07, 6.45) is 1.17. The Morgan fingerprint density at radius 1 is 1.21 bits per heavy atom. The Morgan fingerprint density at radius 2 is 1.71 bits per heavy atom. The molecule has 0 rings (SSSR count). The molecule has 1 nitrogen and oxygen atoms in total. The number of rotatable bonds is 5. The van der Waals surface area contributed by atoms with E-state index in [1.165, 1.54) is 6.42 Å². The quantitative estimate of drug-likeness (QED) is 0.702. The van der Waals surface area contributed by atoms with Crippen molar-refractivity contribution in [2.75, 3.05) is 13.7 Å². The number of methoxy groups -OCH3 is 1. The molecule has 84 valence electrons. The SMILES string of the molecule is COCC/[C](=C/[Si](C)(C)C)[Sn]([CH3])([CH3])[CH3]. The molecule has 0 bridgehead atoms. The van der Waals surface area contributed by atoms with Crippen LogP contribution in [0, 0.1) is 0 Å². The van der Waals surface area contributed by atoms with Gasteiger partial charge in [-0.3, -0.25) is 0 Å². The van der Waals surface area contributed by atoms with Gasteiger partial charge in [-0.15, -0.1) is 0 Å². The molecule has 0 amide bonds. The number of ether oxygens (including phenoxy) is 1. The van der Waals surface area contributed by atoms with E-state index in [0.29, 0.717) is 0 Å². The summed E-state index contributed by atoms with van der Waals surface area (Å²) in [5.41, 5.74) is 2.61. The normalized spacial score (nSPS) is 14.6. The van der Waals surface area contributed by atoms with Crippen molar-refractivity contribution in [1.29, 1.82) is 0 Å². The fourth-order valence-electron chi connectivity index (χ4n) is 1.40. The Balaban J connectivity index is 4.65. The summed E-state index contributed by atoms with van der Waals surface area (Å²) >= 11 is -1.84. The van der Waals surface area contributed by atoms with Crippen molar-refractivity contribution < 1.29 is 4.74 Å². The second kappa shape index (κ2) is 5.71. The predicted octanol–water partition coefficient (Wildman–Crippen LogP) is 3.70. The molecule has 14 heavy (non-hydrogen) atoms. The van der Waals surface area contributed by atoms with Crippen molar-refractivity contribution in [3.63, 3.8) is 0 Å². The van der Waals surface area contributed by atoms with Gasteiger partial charge in [0, 0.05) is 0 Å². The van der Waals surface area contributed by atoms with Gasteiger partial charge in [-0.1, -0.05) is 0 Å². The fraction of sp³-hybridized carbons (Fsp3) is 0.818. The zero-order chi connectivity index (χ0) is 11.4. The van der Waals surface area contributed by atoms with Crippen LogP contribution in [0.3, 0.4) is 0 Å². The van der Waals surface area contributed by atoms with Crippen LogP contribution in [-0.2, 0) is 4.74 Å². The number of hydrogen-bond acceptors (Lipinski definition) is 1.